The Labute approximate surface area is 212 Å². The zero-order valence-electron chi connectivity index (χ0n) is 19.5. The van der Waals surface area contributed by atoms with Gasteiger partial charge in [0.2, 0.25) is 5.91 Å². The minimum Gasteiger partial charge on any atom is -0.497 e. The highest BCUT2D eigenvalue weighted by atomic mass is 32.2. The van der Waals surface area contributed by atoms with Gasteiger partial charge in [0.1, 0.15) is 11.5 Å². The number of methoxy groups -OCH3 is 1. The highest BCUT2D eigenvalue weighted by Gasteiger charge is 2.20. The fourth-order valence-corrected chi connectivity index (χ4v) is 4.34. The van der Waals surface area contributed by atoms with Crippen LogP contribution in [0.3, 0.4) is 0 Å². The van der Waals surface area contributed by atoms with Crippen LogP contribution in [0.15, 0.2) is 107 Å². The molecule has 0 unspecified atom stereocenters. The Balaban J connectivity index is 1.27. The van der Waals surface area contributed by atoms with Gasteiger partial charge in [0.15, 0.2) is 6.61 Å². The van der Waals surface area contributed by atoms with Crippen LogP contribution in [0.2, 0.25) is 0 Å². The van der Waals surface area contributed by atoms with E-state index < -0.39 is 0 Å². The number of amides is 1. The third kappa shape index (κ3) is 5.50. The number of thioether (sulfide) groups is 1. The molecule has 0 atom stereocenters. The number of ether oxygens (including phenoxy) is 2. The van der Waals surface area contributed by atoms with Crippen molar-refractivity contribution in [1.29, 1.82) is 0 Å². The fourth-order valence-electron chi connectivity index (χ4n) is 3.71. The van der Waals surface area contributed by atoms with E-state index in [9.17, 15) is 4.79 Å². The minimum atomic E-state index is -0.103. The van der Waals surface area contributed by atoms with Crippen LogP contribution in [0.5, 0.6) is 11.5 Å². The lowest BCUT2D eigenvalue weighted by molar-refractivity contribution is -0.115. The van der Waals surface area contributed by atoms with E-state index in [-0.39, 0.29) is 18.3 Å². The molecule has 1 aromatic heterocycles. The molecule has 0 aliphatic heterocycles. The van der Waals surface area contributed by atoms with E-state index in [1.54, 1.807) is 18.1 Å². The molecule has 0 bridgehead atoms. The number of nitrogens with zero attached hydrogens (tertiary/aromatic N) is 3. The van der Waals surface area contributed by atoms with Gasteiger partial charge in [-0.05, 0) is 47.2 Å². The van der Waals surface area contributed by atoms with Gasteiger partial charge >= 0.3 is 0 Å². The third-order valence-corrected chi connectivity index (χ3v) is 6.23. The Hall–Kier alpha value is -4.30. The number of rotatable bonds is 9. The van der Waals surface area contributed by atoms with Gasteiger partial charge in [0.25, 0.3) is 11.1 Å². The largest absolute Gasteiger partial charge is 0.497 e. The summed E-state index contributed by atoms with van der Waals surface area (Å²) in [6, 6.07) is 30.9. The van der Waals surface area contributed by atoms with Crippen molar-refractivity contribution < 1.29 is 18.7 Å². The van der Waals surface area contributed by atoms with Crippen LogP contribution >= 0.6 is 11.8 Å². The maximum absolute atomic E-state index is 13.4. The summed E-state index contributed by atoms with van der Waals surface area (Å²) in [5.74, 6) is 1.67. The van der Waals surface area contributed by atoms with Crippen LogP contribution in [0.4, 0.5) is 11.4 Å². The molecular weight excluding hydrogens is 474 g/mol. The highest BCUT2D eigenvalue weighted by Crippen LogP contribution is 2.30. The summed E-state index contributed by atoms with van der Waals surface area (Å²) in [4.78, 5) is 15.1. The van der Waals surface area contributed by atoms with Crippen LogP contribution < -0.4 is 14.4 Å². The Bertz CT molecular complexity index is 1470. The lowest BCUT2D eigenvalue weighted by Gasteiger charge is -2.23. The first-order valence-electron chi connectivity index (χ1n) is 11.3. The average molecular weight is 498 g/mol. The van der Waals surface area contributed by atoms with E-state index >= 15 is 0 Å². The summed E-state index contributed by atoms with van der Waals surface area (Å²) in [6.07, 6.45) is 0. The predicted octanol–water partition coefficient (Wildman–Crippen LogP) is 6.27. The third-order valence-electron chi connectivity index (χ3n) is 5.43. The van der Waals surface area contributed by atoms with Crippen molar-refractivity contribution in [1.82, 2.24) is 10.2 Å². The molecule has 0 N–H and O–H groups in total. The van der Waals surface area contributed by atoms with Crippen LogP contribution in [0.1, 0.15) is 5.89 Å². The van der Waals surface area contributed by atoms with Crippen molar-refractivity contribution in [3.8, 4) is 11.5 Å². The monoisotopic (exact) mass is 497 g/mol. The first kappa shape index (κ1) is 23.4. The molecule has 7 nitrogen and oxygen atoms in total. The summed E-state index contributed by atoms with van der Waals surface area (Å²) < 4.78 is 16.6. The van der Waals surface area contributed by atoms with E-state index in [2.05, 4.69) is 16.3 Å². The van der Waals surface area contributed by atoms with E-state index in [1.165, 1.54) is 11.8 Å². The molecule has 0 aliphatic carbocycles. The minimum absolute atomic E-state index is 0.103. The standard InChI is InChI=1S/C28H23N3O4S/c1-33-24-12-7-13-25(17-24)34-18-26-29-30-28(35-26)36-19-27(32)31(22-10-3-2-4-11-22)23-15-14-20-8-5-6-9-21(20)16-23/h2-17H,18-19H2,1H3. The second-order valence-corrected chi connectivity index (χ2v) is 8.74. The number of hydrogen-bond acceptors (Lipinski definition) is 7. The normalized spacial score (nSPS) is 10.8. The van der Waals surface area contributed by atoms with Crippen molar-refractivity contribution in [2.24, 2.45) is 0 Å². The molecule has 8 heteroatoms. The number of para-hydroxylation sites is 1. The van der Waals surface area contributed by atoms with Crippen molar-refractivity contribution in [3.05, 3.63) is 103 Å². The molecule has 5 rings (SSSR count). The number of carbonyl (C=O) groups is 1. The maximum Gasteiger partial charge on any atom is 0.277 e. The van der Waals surface area contributed by atoms with Crippen molar-refractivity contribution in [2.45, 2.75) is 11.8 Å². The number of fused-ring (bicyclic) bond motifs is 1. The average Bonchev–Trinajstić information content (AvgIpc) is 3.39. The molecule has 36 heavy (non-hydrogen) atoms. The Morgan fingerprint density at radius 3 is 2.44 bits per heavy atom. The summed E-state index contributed by atoms with van der Waals surface area (Å²) in [5.41, 5.74) is 1.58. The van der Waals surface area contributed by atoms with Crippen LogP contribution in [0, 0.1) is 0 Å². The van der Waals surface area contributed by atoms with E-state index in [0.29, 0.717) is 22.6 Å². The number of carbonyl (C=O) groups excluding carboxylic acids is 1. The zero-order chi connectivity index (χ0) is 24.7. The van der Waals surface area contributed by atoms with Crippen LogP contribution in [-0.2, 0) is 11.4 Å². The van der Waals surface area contributed by atoms with Gasteiger partial charge in [-0.25, -0.2) is 0 Å². The molecule has 1 heterocycles. The summed E-state index contributed by atoms with van der Waals surface area (Å²) in [7, 11) is 1.60. The number of anilines is 2. The van der Waals surface area contributed by atoms with Gasteiger partial charge in [-0.3, -0.25) is 9.69 Å². The molecule has 1 amide bonds. The predicted molar refractivity (Wildman–Crippen MR) is 140 cm³/mol. The van der Waals surface area contributed by atoms with Crippen molar-refractivity contribution in [3.63, 3.8) is 0 Å². The van der Waals surface area contributed by atoms with Gasteiger partial charge < -0.3 is 13.9 Å². The number of benzene rings is 4. The Morgan fingerprint density at radius 2 is 1.61 bits per heavy atom. The van der Waals surface area contributed by atoms with Crippen LogP contribution in [-0.4, -0.2) is 29.0 Å². The lowest BCUT2D eigenvalue weighted by Crippen LogP contribution is -2.27. The molecule has 0 saturated heterocycles. The molecule has 180 valence electrons. The first-order chi connectivity index (χ1) is 17.7. The van der Waals surface area contributed by atoms with Crippen molar-refractivity contribution >= 4 is 39.8 Å². The zero-order valence-corrected chi connectivity index (χ0v) is 20.4. The summed E-state index contributed by atoms with van der Waals surface area (Å²) in [5, 5.41) is 10.6. The molecule has 0 spiro atoms. The molecular formula is C28H23N3O4S. The van der Waals surface area contributed by atoms with Crippen molar-refractivity contribution in [2.75, 3.05) is 17.8 Å². The summed E-state index contributed by atoms with van der Waals surface area (Å²) >= 11 is 1.19. The lowest BCUT2D eigenvalue weighted by atomic mass is 10.1. The Kier molecular flexibility index (Phi) is 7.14. The van der Waals surface area contributed by atoms with E-state index in [4.69, 9.17) is 13.9 Å². The van der Waals surface area contributed by atoms with E-state index in [1.807, 2.05) is 84.9 Å². The summed E-state index contributed by atoms with van der Waals surface area (Å²) in [6.45, 7) is 0.113. The van der Waals surface area contributed by atoms with Crippen LogP contribution in [0.25, 0.3) is 10.8 Å². The molecule has 0 aliphatic rings. The molecule has 0 radical (unpaired) electrons. The number of aromatic nitrogens is 2. The maximum atomic E-state index is 13.4. The highest BCUT2D eigenvalue weighted by molar-refractivity contribution is 7.99. The van der Waals surface area contributed by atoms with Gasteiger partial charge in [-0.1, -0.05) is 66.4 Å². The van der Waals surface area contributed by atoms with Gasteiger partial charge in [-0.15, -0.1) is 10.2 Å². The first-order valence-corrected chi connectivity index (χ1v) is 12.3. The second-order valence-electron chi connectivity index (χ2n) is 7.81. The second kappa shape index (κ2) is 11.0. The molecule has 5 aromatic rings. The van der Waals surface area contributed by atoms with Gasteiger partial charge in [-0.2, -0.15) is 0 Å². The van der Waals surface area contributed by atoms with E-state index in [0.717, 1.165) is 22.1 Å². The van der Waals surface area contributed by atoms with Gasteiger partial charge in [0, 0.05) is 17.4 Å². The Morgan fingerprint density at radius 1 is 0.833 bits per heavy atom. The smallest absolute Gasteiger partial charge is 0.277 e. The topological polar surface area (TPSA) is 77.7 Å². The number of hydrogen-bond donors (Lipinski definition) is 0. The van der Waals surface area contributed by atoms with Gasteiger partial charge in [0.05, 0.1) is 12.9 Å². The molecule has 4 aromatic carbocycles. The molecule has 0 fully saturated rings. The SMILES string of the molecule is COc1cccc(OCc2nnc(SCC(=O)N(c3ccccc3)c3ccc4ccccc4c3)o2)c1. The molecule has 0 saturated carbocycles. The quantitative estimate of drug-likeness (QED) is 0.222. The fraction of sp³-hybridized carbons (Fsp3) is 0.107.